The zero-order valence-corrected chi connectivity index (χ0v) is 9.45. The first-order valence-corrected chi connectivity index (χ1v) is 5.00. The smallest absolute Gasteiger partial charge is 0.307 e. The summed E-state index contributed by atoms with van der Waals surface area (Å²) in [5.41, 5.74) is 6.74. The number of nitrogens with two attached hydrogens (primary N) is 1. The molecule has 14 heavy (non-hydrogen) atoms. The molecule has 0 saturated carbocycles. The Kier molecular flexibility index (Phi) is 4.10. The Hall–Kier alpha value is -0.870. The Balaban J connectivity index is 2.69. The summed E-state index contributed by atoms with van der Waals surface area (Å²) in [5.74, 6) is -0.294. The van der Waals surface area contributed by atoms with Gasteiger partial charge in [0.25, 0.3) is 0 Å². The Labute approximate surface area is 91.4 Å². The summed E-state index contributed by atoms with van der Waals surface area (Å²) in [6, 6.07) is 7.27. The van der Waals surface area contributed by atoms with Crippen LogP contribution in [-0.4, -0.2) is 13.1 Å². The number of hydrogen-bond acceptors (Lipinski definition) is 3. The standard InChI is InChI=1S/C10H12BrNO2/c1-14-10(13)6-9(12)7-3-2-4-8(11)5-7/h2-5,9H,6,12H2,1H3/t9-/m1/s1. The van der Waals surface area contributed by atoms with Crippen LogP contribution >= 0.6 is 15.9 Å². The van der Waals surface area contributed by atoms with Crippen LogP contribution in [0.4, 0.5) is 0 Å². The average Bonchev–Trinajstić information content (AvgIpc) is 2.17. The van der Waals surface area contributed by atoms with Crippen LogP contribution in [0.5, 0.6) is 0 Å². The van der Waals surface area contributed by atoms with E-state index in [0.29, 0.717) is 0 Å². The molecule has 1 atom stereocenters. The number of esters is 1. The van der Waals surface area contributed by atoms with E-state index in [1.54, 1.807) is 0 Å². The van der Waals surface area contributed by atoms with Gasteiger partial charge >= 0.3 is 5.97 Å². The van der Waals surface area contributed by atoms with E-state index in [9.17, 15) is 4.79 Å². The molecule has 0 bridgehead atoms. The molecule has 1 aromatic carbocycles. The predicted molar refractivity (Wildman–Crippen MR) is 57.7 cm³/mol. The second-order valence-corrected chi connectivity index (χ2v) is 3.86. The highest BCUT2D eigenvalue weighted by Crippen LogP contribution is 2.18. The summed E-state index contributed by atoms with van der Waals surface area (Å²) in [4.78, 5) is 11.0. The van der Waals surface area contributed by atoms with E-state index in [0.717, 1.165) is 10.0 Å². The quantitative estimate of drug-likeness (QED) is 0.844. The lowest BCUT2D eigenvalue weighted by molar-refractivity contribution is -0.141. The number of methoxy groups -OCH3 is 1. The number of benzene rings is 1. The van der Waals surface area contributed by atoms with Gasteiger partial charge in [-0.3, -0.25) is 4.79 Å². The van der Waals surface area contributed by atoms with Crippen molar-refractivity contribution in [2.75, 3.05) is 7.11 Å². The fraction of sp³-hybridized carbons (Fsp3) is 0.300. The number of carbonyl (C=O) groups is 1. The van der Waals surface area contributed by atoms with Crippen molar-refractivity contribution in [3.63, 3.8) is 0 Å². The third-order valence-corrected chi connectivity index (χ3v) is 2.38. The van der Waals surface area contributed by atoms with Crippen molar-refractivity contribution in [2.45, 2.75) is 12.5 Å². The van der Waals surface area contributed by atoms with E-state index in [-0.39, 0.29) is 18.4 Å². The van der Waals surface area contributed by atoms with Crippen LogP contribution in [-0.2, 0) is 9.53 Å². The van der Waals surface area contributed by atoms with Gasteiger partial charge in [-0.1, -0.05) is 28.1 Å². The molecule has 0 aliphatic heterocycles. The minimum Gasteiger partial charge on any atom is -0.469 e. The van der Waals surface area contributed by atoms with Gasteiger partial charge in [0.2, 0.25) is 0 Å². The van der Waals surface area contributed by atoms with Crippen molar-refractivity contribution in [2.24, 2.45) is 5.73 Å². The molecular formula is C10H12BrNO2. The van der Waals surface area contributed by atoms with E-state index in [2.05, 4.69) is 20.7 Å². The number of carbonyl (C=O) groups excluding carboxylic acids is 1. The first kappa shape index (κ1) is 11.2. The minimum atomic E-state index is -0.306. The van der Waals surface area contributed by atoms with E-state index in [4.69, 9.17) is 5.73 Å². The Bertz CT molecular complexity index is 328. The van der Waals surface area contributed by atoms with E-state index < -0.39 is 0 Å². The summed E-state index contributed by atoms with van der Waals surface area (Å²) in [6.07, 6.45) is 0.201. The second kappa shape index (κ2) is 5.12. The Morgan fingerprint density at radius 1 is 1.64 bits per heavy atom. The Morgan fingerprint density at radius 3 is 2.93 bits per heavy atom. The maximum Gasteiger partial charge on any atom is 0.307 e. The molecule has 1 aromatic rings. The maximum absolute atomic E-state index is 11.0. The number of halogens is 1. The minimum absolute atomic E-state index is 0.201. The third kappa shape index (κ3) is 3.12. The molecule has 2 N–H and O–H groups in total. The normalized spacial score (nSPS) is 12.2. The van der Waals surface area contributed by atoms with Gasteiger partial charge in [0.05, 0.1) is 13.5 Å². The second-order valence-electron chi connectivity index (χ2n) is 2.94. The number of rotatable bonds is 3. The molecule has 0 spiro atoms. The van der Waals surface area contributed by atoms with Gasteiger partial charge < -0.3 is 10.5 Å². The van der Waals surface area contributed by atoms with Gasteiger partial charge in [0.1, 0.15) is 0 Å². The number of ether oxygens (including phenoxy) is 1. The lowest BCUT2D eigenvalue weighted by Gasteiger charge is -2.10. The van der Waals surface area contributed by atoms with Gasteiger partial charge in [-0.2, -0.15) is 0 Å². The van der Waals surface area contributed by atoms with Crippen molar-refractivity contribution in [3.8, 4) is 0 Å². The van der Waals surface area contributed by atoms with Crippen LogP contribution in [0.15, 0.2) is 28.7 Å². The van der Waals surface area contributed by atoms with Crippen LogP contribution in [0.2, 0.25) is 0 Å². The molecule has 0 fully saturated rings. The molecule has 0 radical (unpaired) electrons. The zero-order chi connectivity index (χ0) is 10.6. The molecule has 4 heteroatoms. The molecule has 0 heterocycles. The fourth-order valence-corrected chi connectivity index (χ4v) is 1.53. The number of hydrogen-bond donors (Lipinski definition) is 1. The zero-order valence-electron chi connectivity index (χ0n) is 7.87. The predicted octanol–water partition coefficient (Wildman–Crippen LogP) is 2.01. The lowest BCUT2D eigenvalue weighted by Crippen LogP contribution is -2.16. The van der Waals surface area contributed by atoms with Crippen LogP contribution in [0.25, 0.3) is 0 Å². The average molecular weight is 258 g/mol. The van der Waals surface area contributed by atoms with Crippen molar-refractivity contribution in [1.29, 1.82) is 0 Å². The molecule has 0 saturated heterocycles. The molecule has 0 aliphatic rings. The lowest BCUT2D eigenvalue weighted by atomic mass is 10.1. The summed E-state index contributed by atoms with van der Waals surface area (Å²) in [7, 11) is 1.36. The Morgan fingerprint density at radius 2 is 2.36 bits per heavy atom. The van der Waals surface area contributed by atoms with Crippen molar-refractivity contribution in [3.05, 3.63) is 34.3 Å². The highest BCUT2D eigenvalue weighted by molar-refractivity contribution is 9.10. The highest BCUT2D eigenvalue weighted by Gasteiger charge is 2.11. The van der Waals surface area contributed by atoms with Crippen molar-refractivity contribution < 1.29 is 9.53 Å². The summed E-state index contributed by atoms with van der Waals surface area (Å²) in [6.45, 7) is 0. The first-order chi connectivity index (χ1) is 6.63. The van der Waals surface area contributed by atoms with Crippen LogP contribution < -0.4 is 5.73 Å². The molecule has 0 unspecified atom stereocenters. The van der Waals surface area contributed by atoms with Crippen LogP contribution in [0.1, 0.15) is 18.0 Å². The molecule has 3 nitrogen and oxygen atoms in total. The molecule has 76 valence electrons. The van der Waals surface area contributed by atoms with Crippen LogP contribution in [0.3, 0.4) is 0 Å². The van der Waals surface area contributed by atoms with Gasteiger partial charge in [-0.15, -0.1) is 0 Å². The topological polar surface area (TPSA) is 52.3 Å². The van der Waals surface area contributed by atoms with Gasteiger partial charge in [-0.05, 0) is 17.7 Å². The molecule has 1 rings (SSSR count). The SMILES string of the molecule is COC(=O)C[C@@H](N)c1cccc(Br)c1. The van der Waals surface area contributed by atoms with Gasteiger partial charge in [0, 0.05) is 10.5 Å². The highest BCUT2D eigenvalue weighted by atomic mass is 79.9. The maximum atomic E-state index is 11.0. The van der Waals surface area contributed by atoms with Gasteiger partial charge in [-0.25, -0.2) is 0 Å². The summed E-state index contributed by atoms with van der Waals surface area (Å²) >= 11 is 3.34. The first-order valence-electron chi connectivity index (χ1n) is 4.21. The molecule has 0 aromatic heterocycles. The largest absolute Gasteiger partial charge is 0.469 e. The van der Waals surface area contributed by atoms with E-state index in [1.807, 2.05) is 24.3 Å². The van der Waals surface area contributed by atoms with Crippen LogP contribution in [0, 0.1) is 0 Å². The van der Waals surface area contributed by atoms with E-state index in [1.165, 1.54) is 7.11 Å². The van der Waals surface area contributed by atoms with E-state index >= 15 is 0 Å². The molecular weight excluding hydrogens is 246 g/mol. The third-order valence-electron chi connectivity index (χ3n) is 1.89. The summed E-state index contributed by atoms with van der Waals surface area (Å²) < 4.78 is 5.50. The monoisotopic (exact) mass is 257 g/mol. The van der Waals surface area contributed by atoms with Crippen molar-refractivity contribution >= 4 is 21.9 Å². The van der Waals surface area contributed by atoms with Crippen molar-refractivity contribution in [1.82, 2.24) is 0 Å². The molecule has 0 aliphatic carbocycles. The summed E-state index contributed by atoms with van der Waals surface area (Å²) in [5, 5.41) is 0. The fourth-order valence-electron chi connectivity index (χ4n) is 1.12. The molecule has 0 amide bonds. The van der Waals surface area contributed by atoms with Gasteiger partial charge in [0.15, 0.2) is 0 Å².